The van der Waals surface area contributed by atoms with E-state index in [-0.39, 0.29) is 12.7 Å². The van der Waals surface area contributed by atoms with Crippen LogP contribution in [-0.2, 0) is 11.2 Å². The van der Waals surface area contributed by atoms with Crippen molar-refractivity contribution in [2.45, 2.75) is 12.8 Å². The molecule has 0 unspecified atom stereocenters. The number of thiazole rings is 1. The number of amides is 1. The minimum absolute atomic E-state index is 0.0181. The summed E-state index contributed by atoms with van der Waals surface area (Å²) in [5.41, 5.74) is 3.89. The summed E-state index contributed by atoms with van der Waals surface area (Å²) in [6.45, 7) is 0.256. The van der Waals surface area contributed by atoms with Crippen molar-refractivity contribution in [2.75, 3.05) is 12.1 Å². The number of nitrogens with one attached hydrogen (secondary N) is 1. The molecule has 1 N–H and O–H groups in total. The van der Waals surface area contributed by atoms with E-state index in [1.807, 2.05) is 60.7 Å². The predicted molar refractivity (Wildman–Crippen MR) is 115 cm³/mol. The lowest BCUT2D eigenvalue weighted by Gasteiger charge is -2.07. The lowest BCUT2D eigenvalue weighted by Crippen LogP contribution is -2.12. The zero-order valence-corrected chi connectivity index (χ0v) is 16.4. The maximum Gasteiger partial charge on any atom is 0.231 e. The molecular formula is C23H18N2O3S. The molecule has 0 saturated carbocycles. The smallest absolute Gasteiger partial charge is 0.231 e. The number of para-hydroxylation sites is 1. The monoisotopic (exact) mass is 402 g/mol. The van der Waals surface area contributed by atoms with Gasteiger partial charge in [-0.25, -0.2) is 4.98 Å². The molecule has 6 heteroatoms. The average Bonchev–Trinajstić information content (AvgIpc) is 3.39. The second-order valence-corrected chi connectivity index (χ2v) is 7.83. The van der Waals surface area contributed by atoms with Crippen molar-refractivity contribution >= 4 is 33.1 Å². The van der Waals surface area contributed by atoms with Crippen LogP contribution in [-0.4, -0.2) is 17.7 Å². The van der Waals surface area contributed by atoms with Crippen LogP contribution in [0.1, 0.15) is 12.0 Å². The maximum atomic E-state index is 12.3. The van der Waals surface area contributed by atoms with Gasteiger partial charge in [-0.05, 0) is 60.5 Å². The van der Waals surface area contributed by atoms with Crippen LogP contribution in [0.25, 0.3) is 20.8 Å². The Labute approximate surface area is 171 Å². The second kappa shape index (κ2) is 7.56. The standard InChI is InChI=1S/C23H18N2O3S/c26-22(12-6-15-5-11-19-20(13-15)28-14-27-19)24-17-9-7-16(8-10-17)23-25-18-3-1-2-4-21(18)29-23/h1-5,7-11,13H,6,12,14H2,(H,24,26). The first-order valence-corrected chi connectivity index (χ1v) is 10.2. The number of benzene rings is 3. The number of hydrogen-bond acceptors (Lipinski definition) is 5. The summed E-state index contributed by atoms with van der Waals surface area (Å²) in [6, 6.07) is 21.7. The Morgan fingerprint density at radius 3 is 2.69 bits per heavy atom. The van der Waals surface area contributed by atoms with Crippen LogP contribution in [0.2, 0.25) is 0 Å². The molecule has 5 nitrogen and oxygen atoms in total. The van der Waals surface area contributed by atoms with Gasteiger partial charge in [0.25, 0.3) is 0 Å². The molecule has 1 aromatic heterocycles. The average molecular weight is 402 g/mol. The van der Waals surface area contributed by atoms with Gasteiger partial charge in [-0.1, -0.05) is 18.2 Å². The Kier molecular flexibility index (Phi) is 4.62. The minimum atomic E-state index is -0.0181. The molecular weight excluding hydrogens is 384 g/mol. The van der Waals surface area contributed by atoms with E-state index in [1.54, 1.807) is 11.3 Å². The molecule has 1 amide bonds. The fourth-order valence-corrected chi connectivity index (χ4v) is 4.24. The Hall–Kier alpha value is -3.38. The molecule has 144 valence electrons. The van der Waals surface area contributed by atoms with Crippen LogP contribution in [0, 0.1) is 0 Å². The molecule has 5 rings (SSSR count). The van der Waals surface area contributed by atoms with Crippen LogP contribution in [0.5, 0.6) is 11.5 Å². The predicted octanol–water partition coefficient (Wildman–Crippen LogP) is 5.26. The number of nitrogens with zero attached hydrogens (tertiary/aromatic N) is 1. The minimum Gasteiger partial charge on any atom is -0.454 e. The van der Waals surface area contributed by atoms with Crippen molar-refractivity contribution in [3.8, 4) is 22.1 Å². The number of fused-ring (bicyclic) bond motifs is 2. The van der Waals surface area contributed by atoms with Crippen molar-refractivity contribution in [3.05, 3.63) is 72.3 Å². The van der Waals surface area contributed by atoms with Gasteiger partial charge in [0.1, 0.15) is 5.01 Å². The van der Waals surface area contributed by atoms with Gasteiger partial charge in [0.05, 0.1) is 10.2 Å². The molecule has 0 saturated heterocycles. The Balaban J connectivity index is 1.21. The number of carbonyl (C=O) groups excluding carboxylic acids is 1. The summed E-state index contributed by atoms with van der Waals surface area (Å²) >= 11 is 1.67. The molecule has 3 aromatic carbocycles. The number of aromatic nitrogens is 1. The molecule has 0 atom stereocenters. The van der Waals surface area contributed by atoms with Gasteiger partial charge in [0.15, 0.2) is 11.5 Å². The van der Waals surface area contributed by atoms with Crippen LogP contribution in [0.15, 0.2) is 66.7 Å². The van der Waals surface area contributed by atoms with E-state index in [4.69, 9.17) is 9.47 Å². The normalized spacial score (nSPS) is 12.3. The SMILES string of the molecule is O=C(CCc1ccc2c(c1)OCO2)Nc1ccc(-c2nc3ccccc3s2)cc1. The zero-order chi connectivity index (χ0) is 19.6. The number of carbonyl (C=O) groups is 1. The van der Waals surface area contributed by atoms with Gasteiger partial charge < -0.3 is 14.8 Å². The van der Waals surface area contributed by atoms with Crippen molar-refractivity contribution in [3.63, 3.8) is 0 Å². The quantitative estimate of drug-likeness (QED) is 0.494. The van der Waals surface area contributed by atoms with Gasteiger partial charge in [0.2, 0.25) is 12.7 Å². The van der Waals surface area contributed by atoms with Crippen LogP contribution in [0.4, 0.5) is 5.69 Å². The van der Waals surface area contributed by atoms with Crippen molar-refractivity contribution in [1.82, 2.24) is 4.98 Å². The highest BCUT2D eigenvalue weighted by atomic mass is 32.1. The highest BCUT2D eigenvalue weighted by Crippen LogP contribution is 2.33. The first-order chi connectivity index (χ1) is 14.2. The third-order valence-corrected chi connectivity index (χ3v) is 5.87. The molecule has 1 aliphatic heterocycles. The molecule has 0 bridgehead atoms. The van der Waals surface area contributed by atoms with E-state index in [2.05, 4.69) is 16.4 Å². The van der Waals surface area contributed by atoms with E-state index in [0.717, 1.165) is 38.8 Å². The van der Waals surface area contributed by atoms with Crippen LogP contribution < -0.4 is 14.8 Å². The molecule has 2 heterocycles. The summed E-state index contributed by atoms with van der Waals surface area (Å²) in [6.07, 6.45) is 1.05. The molecule has 0 spiro atoms. The fraction of sp³-hybridized carbons (Fsp3) is 0.130. The van der Waals surface area contributed by atoms with Crippen molar-refractivity contribution in [2.24, 2.45) is 0 Å². The van der Waals surface area contributed by atoms with Gasteiger partial charge in [-0.2, -0.15) is 0 Å². The van der Waals surface area contributed by atoms with E-state index >= 15 is 0 Å². The van der Waals surface area contributed by atoms with E-state index in [9.17, 15) is 4.79 Å². The largest absolute Gasteiger partial charge is 0.454 e. The fourth-order valence-electron chi connectivity index (χ4n) is 3.27. The maximum absolute atomic E-state index is 12.3. The van der Waals surface area contributed by atoms with Gasteiger partial charge in [0, 0.05) is 17.7 Å². The third kappa shape index (κ3) is 3.79. The highest BCUT2D eigenvalue weighted by molar-refractivity contribution is 7.21. The summed E-state index contributed by atoms with van der Waals surface area (Å²) < 4.78 is 11.9. The first kappa shape index (κ1) is 17.7. The number of rotatable bonds is 5. The van der Waals surface area contributed by atoms with Gasteiger partial charge in [-0.3, -0.25) is 4.79 Å². The number of ether oxygens (including phenoxy) is 2. The van der Waals surface area contributed by atoms with Crippen molar-refractivity contribution < 1.29 is 14.3 Å². The molecule has 4 aromatic rings. The summed E-state index contributed by atoms with van der Waals surface area (Å²) in [5.74, 6) is 1.48. The first-order valence-electron chi connectivity index (χ1n) is 9.39. The zero-order valence-electron chi connectivity index (χ0n) is 15.6. The number of aryl methyl sites for hydroxylation is 1. The van der Waals surface area contributed by atoms with E-state index in [0.29, 0.717) is 12.8 Å². The highest BCUT2D eigenvalue weighted by Gasteiger charge is 2.14. The molecule has 29 heavy (non-hydrogen) atoms. The molecule has 0 aliphatic carbocycles. The number of hydrogen-bond donors (Lipinski definition) is 1. The Morgan fingerprint density at radius 2 is 1.83 bits per heavy atom. The molecule has 1 aliphatic rings. The van der Waals surface area contributed by atoms with Gasteiger partial charge >= 0.3 is 0 Å². The Morgan fingerprint density at radius 1 is 1.00 bits per heavy atom. The molecule has 0 fully saturated rings. The van der Waals surface area contributed by atoms with Crippen molar-refractivity contribution in [1.29, 1.82) is 0 Å². The topological polar surface area (TPSA) is 60.5 Å². The lowest BCUT2D eigenvalue weighted by atomic mass is 10.1. The van der Waals surface area contributed by atoms with E-state index in [1.165, 1.54) is 4.70 Å². The number of anilines is 1. The van der Waals surface area contributed by atoms with Crippen LogP contribution in [0.3, 0.4) is 0 Å². The third-order valence-electron chi connectivity index (χ3n) is 4.79. The van der Waals surface area contributed by atoms with E-state index < -0.39 is 0 Å². The summed E-state index contributed by atoms with van der Waals surface area (Å²) in [7, 11) is 0. The lowest BCUT2D eigenvalue weighted by molar-refractivity contribution is -0.116. The summed E-state index contributed by atoms with van der Waals surface area (Å²) in [4.78, 5) is 17.0. The Bertz CT molecular complexity index is 1150. The van der Waals surface area contributed by atoms with Gasteiger partial charge in [-0.15, -0.1) is 11.3 Å². The second-order valence-electron chi connectivity index (χ2n) is 6.80. The summed E-state index contributed by atoms with van der Waals surface area (Å²) in [5, 5.41) is 3.94. The molecule has 0 radical (unpaired) electrons. The van der Waals surface area contributed by atoms with Crippen LogP contribution >= 0.6 is 11.3 Å².